The molecule has 96 valence electrons. The van der Waals surface area contributed by atoms with E-state index in [-0.39, 0.29) is 5.56 Å². The van der Waals surface area contributed by atoms with Crippen LogP contribution in [0.1, 0.15) is 20.7 Å². The van der Waals surface area contributed by atoms with Crippen LogP contribution >= 0.6 is 0 Å². The summed E-state index contributed by atoms with van der Waals surface area (Å²) in [6.45, 7) is 0. The lowest BCUT2D eigenvalue weighted by Crippen LogP contribution is -2.01. The molecule has 4 nitrogen and oxygen atoms in total. The van der Waals surface area contributed by atoms with Crippen LogP contribution in [0.2, 0.25) is 0 Å². The van der Waals surface area contributed by atoms with E-state index in [1.54, 1.807) is 12.1 Å². The van der Waals surface area contributed by atoms with Crippen molar-refractivity contribution in [1.29, 1.82) is 0 Å². The second-order valence-electron chi connectivity index (χ2n) is 3.89. The Hall–Kier alpha value is -2.69. The highest BCUT2D eigenvalue weighted by atomic mass is 19.1. The van der Waals surface area contributed by atoms with Crippen LogP contribution in [0.15, 0.2) is 42.5 Å². The first-order valence-electron chi connectivity index (χ1n) is 5.35. The number of rotatable bonds is 3. The summed E-state index contributed by atoms with van der Waals surface area (Å²) in [5.41, 5.74) is 0.598. The second kappa shape index (κ2) is 4.89. The zero-order valence-corrected chi connectivity index (χ0v) is 9.63. The largest absolute Gasteiger partial charge is 0.478 e. The Balaban J connectivity index is 2.53. The van der Waals surface area contributed by atoms with Crippen LogP contribution in [0.5, 0.6) is 0 Å². The van der Waals surface area contributed by atoms with Gasteiger partial charge in [-0.15, -0.1) is 0 Å². The van der Waals surface area contributed by atoms with Gasteiger partial charge in [0.05, 0.1) is 11.1 Å². The van der Waals surface area contributed by atoms with Crippen LogP contribution in [-0.4, -0.2) is 22.2 Å². The summed E-state index contributed by atoms with van der Waals surface area (Å²) in [5, 5.41) is 17.7. The molecule has 0 radical (unpaired) electrons. The van der Waals surface area contributed by atoms with Crippen molar-refractivity contribution in [3.63, 3.8) is 0 Å². The van der Waals surface area contributed by atoms with Crippen molar-refractivity contribution in [2.75, 3.05) is 0 Å². The molecule has 0 saturated heterocycles. The van der Waals surface area contributed by atoms with Crippen LogP contribution in [0.25, 0.3) is 11.1 Å². The van der Waals surface area contributed by atoms with Crippen molar-refractivity contribution in [2.24, 2.45) is 0 Å². The number of carboxylic acids is 2. The minimum absolute atomic E-state index is 0.0821. The number of halogens is 1. The molecule has 0 spiro atoms. The topological polar surface area (TPSA) is 74.6 Å². The summed E-state index contributed by atoms with van der Waals surface area (Å²) >= 11 is 0. The molecule has 0 amide bonds. The lowest BCUT2D eigenvalue weighted by Gasteiger charge is -2.05. The third-order valence-electron chi connectivity index (χ3n) is 2.64. The quantitative estimate of drug-likeness (QED) is 0.889. The lowest BCUT2D eigenvalue weighted by atomic mass is 10.0. The molecule has 2 aromatic carbocycles. The fraction of sp³-hybridized carbons (Fsp3) is 0. The predicted molar refractivity (Wildman–Crippen MR) is 65.8 cm³/mol. The molecular weight excluding hydrogens is 251 g/mol. The predicted octanol–water partition coefficient (Wildman–Crippen LogP) is 2.89. The maximum atomic E-state index is 13.3. The normalized spacial score (nSPS) is 10.2. The summed E-state index contributed by atoms with van der Waals surface area (Å²) in [4.78, 5) is 21.7. The monoisotopic (exact) mass is 260 g/mol. The van der Waals surface area contributed by atoms with E-state index >= 15 is 0 Å². The minimum atomic E-state index is -1.37. The summed E-state index contributed by atoms with van der Waals surface area (Å²) < 4.78 is 13.3. The van der Waals surface area contributed by atoms with Crippen LogP contribution < -0.4 is 0 Å². The summed E-state index contributed by atoms with van der Waals surface area (Å²) in [7, 11) is 0. The summed E-state index contributed by atoms with van der Waals surface area (Å²) in [6.07, 6.45) is 0. The van der Waals surface area contributed by atoms with Gasteiger partial charge in [0.25, 0.3) is 0 Å². The molecule has 2 aromatic rings. The van der Waals surface area contributed by atoms with Crippen molar-refractivity contribution in [2.45, 2.75) is 0 Å². The zero-order chi connectivity index (χ0) is 14.0. The van der Waals surface area contributed by atoms with Gasteiger partial charge < -0.3 is 10.2 Å². The fourth-order valence-corrected chi connectivity index (χ4v) is 1.70. The highest BCUT2D eigenvalue weighted by Crippen LogP contribution is 2.23. The fourth-order valence-electron chi connectivity index (χ4n) is 1.70. The molecule has 0 aromatic heterocycles. The lowest BCUT2D eigenvalue weighted by molar-refractivity contribution is 0.0683. The maximum absolute atomic E-state index is 13.3. The van der Waals surface area contributed by atoms with E-state index in [9.17, 15) is 14.0 Å². The first kappa shape index (κ1) is 12.8. The average Bonchev–Trinajstić information content (AvgIpc) is 2.39. The van der Waals surface area contributed by atoms with Gasteiger partial charge in [0, 0.05) is 0 Å². The molecule has 0 fully saturated rings. The van der Waals surface area contributed by atoms with Crippen molar-refractivity contribution in [3.8, 4) is 11.1 Å². The Morgan fingerprint density at radius 1 is 0.895 bits per heavy atom. The molecule has 19 heavy (non-hydrogen) atoms. The molecule has 5 heteroatoms. The van der Waals surface area contributed by atoms with Crippen LogP contribution in [-0.2, 0) is 0 Å². The Kier molecular flexibility index (Phi) is 3.29. The van der Waals surface area contributed by atoms with Crippen molar-refractivity contribution >= 4 is 11.9 Å². The number of benzene rings is 2. The standard InChI is InChI=1S/C14H9FO4/c15-12-5-4-9(7-11(12)14(18)19)8-2-1-3-10(6-8)13(16)17/h1-7H,(H,16,17)(H,18,19). The van der Waals surface area contributed by atoms with Gasteiger partial charge in [0.1, 0.15) is 5.82 Å². The number of carboxylic acid groups (broad SMARTS) is 2. The van der Waals surface area contributed by atoms with E-state index in [2.05, 4.69) is 0 Å². The first-order valence-corrected chi connectivity index (χ1v) is 5.35. The van der Waals surface area contributed by atoms with E-state index < -0.39 is 23.3 Å². The number of aromatic carboxylic acids is 2. The molecule has 0 bridgehead atoms. The molecule has 0 aliphatic carbocycles. The molecule has 0 aliphatic rings. The molecule has 2 N–H and O–H groups in total. The number of carbonyl (C=O) groups is 2. The van der Waals surface area contributed by atoms with Gasteiger partial charge in [-0.05, 0) is 35.4 Å². The smallest absolute Gasteiger partial charge is 0.338 e. The highest BCUT2D eigenvalue weighted by Gasteiger charge is 2.12. The SMILES string of the molecule is O=C(O)c1cccc(-c2ccc(F)c(C(=O)O)c2)c1. The van der Waals surface area contributed by atoms with E-state index in [0.717, 1.165) is 6.07 Å². The maximum Gasteiger partial charge on any atom is 0.338 e. The van der Waals surface area contributed by atoms with Crippen molar-refractivity contribution < 1.29 is 24.2 Å². The van der Waals surface area contributed by atoms with E-state index in [1.807, 2.05) is 0 Å². The van der Waals surface area contributed by atoms with Crippen LogP contribution in [0.3, 0.4) is 0 Å². The van der Waals surface area contributed by atoms with Gasteiger partial charge in [-0.1, -0.05) is 18.2 Å². The molecule has 0 atom stereocenters. The van der Waals surface area contributed by atoms with Crippen LogP contribution in [0.4, 0.5) is 4.39 Å². The minimum Gasteiger partial charge on any atom is -0.478 e. The van der Waals surface area contributed by atoms with E-state index in [4.69, 9.17) is 10.2 Å². The van der Waals surface area contributed by atoms with Gasteiger partial charge in [0.2, 0.25) is 0 Å². The number of hydrogen-bond acceptors (Lipinski definition) is 2. The van der Waals surface area contributed by atoms with E-state index in [0.29, 0.717) is 11.1 Å². The van der Waals surface area contributed by atoms with E-state index in [1.165, 1.54) is 24.3 Å². The summed E-state index contributed by atoms with van der Waals surface area (Å²) in [5.74, 6) is -3.28. The molecular formula is C14H9FO4. The van der Waals surface area contributed by atoms with Gasteiger partial charge in [-0.25, -0.2) is 14.0 Å². The third kappa shape index (κ3) is 2.60. The Bertz CT molecular complexity index is 664. The highest BCUT2D eigenvalue weighted by molar-refractivity contribution is 5.91. The summed E-state index contributed by atoms with van der Waals surface area (Å²) in [6, 6.07) is 9.64. The van der Waals surface area contributed by atoms with Gasteiger partial charge in [0.15, 0.2) is 0 Å². The molecule has 0 unspecified atom stereocenters. The van der Waals surface area contributed by atoms with Gasteiger partial charge in [-0.3, -0.25) is 0 Å². The average molecular weight is 260 g/mol. The third-order valence-corrected chi connectivity index (χ3v) is 2.64. The first-order chi connectivity index (χ1) is 8.99. The van der Waals surface area contributed by atoms with Crippen molar-refractivity contribution in [3.05, 3.63) is 59.4 Å². The van der Waals surface area contributed by atoms with Crippen LogP contribution in [0, 0.1) is 5.82 Å². The second-order valence-corrected chi connectivity index (χ2v) is 3.89. The Labute approximate surface area is 107 Å². The Morgan fingerprint density at radius 3 is 2.21 bits per heavy atom. The number of hydrogen-bond donors (Lipinski definition) is 2. The Morgan fingerprint density at radius 2 is 1.58 bits per heavy atom. The molecule has 0 heterocycles. The molecule has 0 aliphatic heterocycles. The zero-order valence-electron chi connectivity index (χ0n) is 9.63. The van der Waals surface area contributed by atoms with Gasteiger partial charge >= 0.3 is 11.9 Å². The molecule has 0 saturated carbocycles. The van der Waals surface area contributed by atoms with Gasteiger partial charge in [-0.2, -0.15) is 0 Å². The molecule has 2 rings (SSSR count). The van der Waals surface area contributed by atoms with Crippen molar-refractivity contribution in [1.82, 2.24) is 0 Å².